The zero-order chi connectivity index (χ0) is 41.3. The van der Waals surface area contributed by atoms with Gasteiger partial charge in [-0.15, -0.1) is 0 Å². The summed E-state index contributed by atoms with van der Waals surface area (Å²) in [6.07, 6.45) is 4.80. The van der Waals surface area contributed by atoms with E-state index >= 15 is 0 Å². The smallest absolute Gasteiger partial charge is 0.276 e. The summed E-state index contributed by atoms with van der Waals surface area (Å²) in [5.74, 6) is -1.35. The van der Waals surface area contributed by atoms with Gasteiger partial charge in [0.25, 0.3) is 17.4 Å². The molecule has 8 rings (SSSR count). The molecule has 1 aliphatic heterocycles. The Balaban J connectivity index is 0.816. The highest BCUT2D eigenvalue weighted by Gasteiger charge is 2.64. The van der Waals surface area contributed by atoms with Crippen LogP contribution in [-0.2, 0) is 44.4 Å². The largest absolute Gasteiger partial charge is 0.496 e. The van der Waals surface area contributed by atoms with Gasteiger partial charge in [0.05, 0.1) is 57.7 Å². The number of ether oxygens (including phenoxy) is 3. The second-order valence-electron chi connectivity index (χ2n) is 14.7. The molecule has 17 heteroatoms. The minimum absolute atomic E-state index is 0.105. The van der Waals surface area contributed by atoms with Crippen molar-refractivity contribution in [2.24, 2.45) is 20.0 Å². The molecule has 0 atom stereocenters. The molecule has 0 unspecified atom stereocenters. The van der Waals surface area contributed by atoms with Crippen LogP contribution in [0.25, 0.3) is 22.0 Å². The van der Waals surface area contributed by atoms with E-state index in [1.54, 1.807) is 57.5 Å². The molecule has 4 aromatic rings. The molecule has 2 aromatic heterocycles. The SMILES string of the molecule is COc1cc(-c2cn(C)c(=O)c3c2cnn3C)cc(OC)c1CCCC(=O)NCCOCCNC(=O)CNc1cccc2c1C(=O)N(C13CC(C1)C(=O)CC3=O)C2=O. The van der Waals surface area contributed by atoms with Crippen LogP contribution in [-0.4, -0.2) is 107 Å². The molecule has 0 radical (unpaired) electrons. The second kappa shape index (κ2) is 16.2. The predicted octanol–water partition coefficient (Wildman–Crippen LogP) is 1.93. The summed E-state index contributed by atoms with van der Waals surface area (Å²) in [5.41, 5.74) is 2.04. The van der Waals surface area contributed by atoms with Gasteiger partial charge in [-0.1, -0.05) is 6.07 Å². The van der Waals surface area contributed by atoms with E-state index in [1.807, 2.05) is 12.1 Å². The number of ketones is 2. The van der Waals surface area contributed by atoms with Crippen molar-refractivity contribution in [2.75, 3.05) is 52.4 Å². The molecule has 3 saturated carbocycles. The molecule has 3 aliphatic carbocycles. The number of nitrogens with zero attached hydrogens (tertiary/aromatic N) is 4. The highest BCUT2D eigenvalue weighted by molar-refractivity contribution is 6.27. The predicted molar refractivity (Wildman–Crippen MR) is 210 cm³/mol. The van der Waals surface area contributed by atoms with E-state index in [0.29, 0.717) is 40.9 Å². The van der Waals surface area contributed by atoms with Gasteiger partial charge >= 0.3 is 0 Å². The minimum Gasteiger partial charge on any atom is -0.496 e. The van der Waals surface area contributed by atoms with Crippen LogP contribution in [0.15, 0.2) is 47.5 Å². The Labute approximate surface area is 333 Å². The number of Topliss-reactive ketones (excluding diaryl/α,β-unsaturated/α-hetero) is 2. The van der Waals surface area contributed by atoms with Crippen LogP contribution < -0.4 is 31.0 Å². The number of aromatic nitrogens is 3. The number of benzene rings is 2. The Morgan fingerprint density at radius 2 is 1.60 bits per heavy atom. The third kappa shape index (κ3) is 7.21. The second-order valence-corrected chi connectivity index (χ2v) is 14.7. The number of fused-ring (bicyclic) bond motifs is 4. The van der Waals surface area contributed by atoms with Crippen LogP contribution >= 0.6 is 0 Å². The highest BCUT2D eigenvalue weighted by Crippen LogP contribution is 2.51. The van der Waals surface area contributed by atoms with E-state index in [1.165, 1.54) is 10.6 Å². The lowest BCUT2D eigenvalue weighted by molar-refractivity contribution is -0.153. The lowest BCUT2D eigenvalue weighted by Gasteiger charge is -2.53. The summed E-state index contributed by atoms with van der Waals surface area (Å²) in [6, 6.07) is 8.49. The summed E-state index contributed by atoms with van der Waals surface area (Å²) in [5, 5.41) is 13.5. The Bertz CT molecular complexity index is 2390. The van der Waals surface area contributed by atoms with E-state index in [9.17, 15) is 33.6 Å². The monoisotopic (exact) mass is 795 g/mol. The maximum absolute atomic E-state index is 13.5. The number of hydrogen-bond donors (Lipinski definition) is 3. The molecule has 0 saturated heterocycles. The molecule has 4 amide bonds. The first-order valence-electron chi connectivity index (χ1n) is 19.1. The summed E-state index contributed by atoms with van der Waals surface area (Å²) in [4.78, 5) is 90.5. The first-order valence-corrected chi connectivity index (χ1v) is 19.1. The zero-order valence-electron chi connectivity index (χ0n) is 32.8. The number of rotatable bonds is 17. The van der Waals surface area contributed by atoms with E-state index < -0.39 is 23.1 Å². The number of carbonyl (C=O) groups is 6. The molecule has 2 aromatic carbocycles. The molecule has 3 fully saturated rings. The molecule has 304 valence electrons. The Morgan fingerprint density at radius 1 is 0.914 bits per heavy atom. The van der Waals surface area contributed by atoms with Crippen LogP contribution in [0.2, 0.25) is 0 Å². The third-order valence-electron chi connectivity index (χ3n) is 11.2. The van der Waals surface area contributed by atoms with Gasteiger partial charge < -0.3 is 34.7 Å². The molecule has 58 heavy (non-hydrogen) atoms. The number of methoxy groups -OCH3 is 2. The van der Waals surface area contributed by atoms with E-state index in [0.717, 1.165) is 21.6 Å². The molecule has 3 heterocycles. The van der Waals surface area contributed by atoms with Gasteiger partial charge in [-0.05, 0) is 55.5 Å². The number of hydrogen-bond acceptors (Lipinski definition) is 12. The fourth-order valence-electron chi connectivity index (χ4n) is 8.18. The van der Waals surface area contributed by atoms with Gasteiger partial charge in [0, 0.05) is 67.9 Å². The van der Waals surface area contributed by atoms with Crippen LogP contribution in [0.3, 0.4) is 0 Å². The van der Waals surface area contributed by atoms with E-state index in [-0.39, 0.29) is 98.7 Å². The van der Waals surface area contributed by atoms with Crippen LogP contribution in [0.5, 0.6) is 11.5 Å². The number of aryl methyl sites for hydroxylation is 2. The summed E-state index contributed by atoms with van der Waals surface area (Å²) in [6.45, 7) is 0.742. The average Bonchev–Trinajstić information content (AvgIpc) is 3.70. The van der Waals surface area contributed by atoms with Crippen molar-refractivity contribution >= 4 is 51.8 Å². The van der Waals surface area contributed by atoms with Crippen molar-refractivity contribution in [1.29, 1.82) is 0 Å². The molecule has 0 spiro atoms. The average molecular weight is 796 g/mol. The van der Waals surface area contributed by atoms with Crippen LogP contribution in [0.1, 0.15) is 58.4 Å². The fraction of sp³-hybridized carbons (Fsp3) is 0.415. The van der Waals surface area contributed by atoms with Gasteiger partial charge in [0.2, 0.25) is 11.8 Å². The van der Waals surface area contributed by atoms with Crippen molar-refractivity contribution in [3.63, 3.8) is 0 Å². The van der Waals surface area contributed by atoms with Crippen molar-refractivity contribution in [3.8, 4) is 22.6 Å². The lowest BCUT2D eigenvalue weighted by atomic mass is 9.57. The van der Waals surface area contributed by atoms with Crippen LogP contribution in [0, 0.1) is 5.92 Å². The Hall–Kier alpha value is -6.36. The van der Waals surface area contributed by atoms with E-state index in [2.05, 4.69) is 21.0 Å². The first kappa shape index (κ1) is 39.9. The highest BCUT2D eigenvalue weighted by atomic mass is 16.5. The van der Waals surface area contributed by atoms with Gasteiger partial charge in [-0.25, -0.2) is 0 Å². The normalized spacial score (nSPS) is 18.3. The standard InChI is InChI=1S/C41H45N7O10/c1-46-22-28(27-20-45-47(2)37(27)40(46)55)23-15-31(56-3)25(32(16-23)57-4)7-6-10-34(51)42-11-13-58-14-12-43-35(52)21-44-29-9-5-8-26-36(29)39(54)48(38(26)53)41-18-24(19-41)30(49)17-33(41)50/h5,8-9,15-16,20,22,24,44H,6-7,10-14,17-19,21H2,1-4H3,(H,42,51)(H,43,52). The molecule has 4 aliphatic rings. The van der Waals surface area contributed by atoms with Crippen molar-refractivity contribution in [1.82, 2.24) is 29.9 Å². The first-order chi connectivity index (χ1) is 27.9. The van der Waals surface area contributed by atoms with Crippen molar-refractivity contribution in [3.05, 3.63) is 69.8 Å². The fourth-order valence-corrected chi connectivity index (χ4v) is 8.18. The summed E-state index contributed by atoms with van der Waals surface area (Å²) >= 11 is 0. The maximum atomic E-state index is 13.5. The number of nitrogens with one attached hydrogen (secondary N) is 3. The lowest BCUT2D eigenvalue weighted by Crippen LogP contribution is -2.68. The van der Waals surface area contributed by atoms with Crippen molar-refractivity contribution < 1.29 is 43.0 Å². The number of pyridine rings is 1. The number of imide groups is 1. The summed E-state index contributed by atoms with van der Waals surface area (Å²) in [7, 11) is 6.57. The van der Waals surface area contributed by atoms with Gasteiger partial charge in [0.1, 0.15) is 28.3 Å². The quantitative estimate of drug-likeness (QED) is 0.0796. The van der Waals surface area contributed by atoms with Gasteiger partial charge in [-0.2, -0.15) is 5.10 Å². The van der Waals surface area contributed by atoms with Gasteiger partial charge in [0.15, 0.2) is 5.78 Å². The molecule has 17 nitrogen and oxygen atoms in total. The zero-order valence-corrected chi connectivity index (χ0v) is 32.8. The van der Waals surface area contributed by atoms with Crippen molar-refractivity contribution in [2.45, 2.75) is 44.1 Å². The van der Waals surface area contributed by atoms with Crippen LogP contribution in [0.4, 0.5) is 5.69 Å². The molecular formula is C41H45N7O10. The molecular weight excluding hydrogens is 750 g/mol. The molecule has 3 N–H and O–H groups in total. The maximum Gasteiger partial charge on any atom is 0.276 e. The van der Waals surface area contributed by atoms with E-state index in [4.69, 9.17) is 14.2 Å². The Kier molecular flexibility index (Phi) is 11.2. The minimum atomic E-state index is -1.27. The van der Waals surface area contributed by atoms with Gasteiger partial charge in [-0.3, -0.25) is 43.1 Å². The number of carbonyl (C=O) groups excluding carboxylic acids is 6. The Morgan fingerprint density at radius 3 is 2.28 bits per heavy atom. The summed E-state index contributed by atoms with van der Waals surface area (Å²) < 4.78 is 20.1. The topological polar surface area (TPSA) is 209 Å². The number of anilines is 1. The molecule has 2 bridgehead atoms. The third-order valence-corrected chi connectivity index (χ3v) is 11.2. The number of amides is 4.